The van der Waals surface area contributed by atoms with Gasteiger partial charge in [-0.2, -0.15) is 0 Å². The number of phenolic OH excluding ortho intramolecular Hbond substituents is 5. The molecule has 19 heavy (non-hydrogen) atoms. The topological polar surface area (TPSA) is 118 Å². The minimum Gasteiger partial charge on any atom is -0.504 e. The zero-order valence-corrected chi connectivity index (χ0v) is 9.53. The van der Waals surface area contributed by atoms with E-state index in [-0.39, 0.29) is 11.1 Å². The van der Waals surface area contributed by atoms with E-state index in [0.717, 1.165) is 12.1 Å². The maximum absolute atomic E-state index is 12.1. The Hall–Kier alpha value is -2.89. The summed E-state index contributed by atoms with van der Waals surface area (Å²) in [6.45, 7) is 0. The molecule has 6 nitrogen and oxygen atoms in total. The van der Waals surface area contributed by atoms with E-state index in [1.807, 2.05) is 0 Å². The molecule has 2 aromatic rings. The Morgan fingerprint density at radius 1 is 0.684 bits per heavy atom. The van der Waals surface area contributed by atoms with Crippen LogP contribution in [0, 0.1) is 0 Å². The van der Waals surface area contributed by atoms with Crippen molar-refractivity contribution in [3.63, 3.8) is 0 Å². The molecule has 0 bridgehead atoms. The van der Waals surface area contributed by atoms with E-state index >= 15 is 0 Å². The second-order valence-corrected chi connectivity index (χ2v) is 3.83. The van der Waals surface area contributed by atoms with Crippen molar-refractivity contribution in [2.45, 2.75) is 0 Å². The third-order valence-electron chi connectivity index (χ3n) is 2.63. The van der Waals surface area contributed by atoms with Crippen LogP contribution in [0.15, 0.2) is 30.3 Å². The molecule has 6 heteroatoms. The van der Waals surface area contributed by atoms with Crippen LogP contribution < -0.4 is 0 Å². The normalized spacial score (nSPS) is 10.3. The SMILES string of the molecule is O=C(c1cccc(O)c1O)c1ccc(O)c(O)c1O. The highest BCUT2D eigenvalue weighted by molar-refractivity contribution is 6.13. The summed E-state index contributed by atoms with van der Waals surface area (Å²) in [7, 11) is 0. The van der Waals surface area contributed by atoms with Crippen LogP contribution in [0.25, 0.3) is 0 Å². The predicted molar refractivity (Wildman–Crippen MR) is 64.6 cm³/mol. The lowest BCUT2D eigenvalue weighted by Crippen LogP contribution is -2.02. The Kier molecular flexibility index (Phi) is 2.92. The van der Waals surface area contributed by atoms with Gasteiger partial charge in [0.05, 0.1) is 11.1 Å². The largest absolute Gasteiger partial charge is 0.504 e. The van der Waals surface area contributed by atoms with Crippen molar-refractivity contribution < 1.29 is 30.3 Å². The first-order valence-electron chi connectivity index (χ1n) is 5.23. The van der Waals surface area contributed by atoms with E-state index in [1.165, 1.54) is 18.2 Å². The van der Waals surface area contributed by atoms with Crippen molar-refractivity contribution in [2.24, 2.45) is 0 Å². The molecule has 98 valence electrons. The van der Waals surface area contributed by atoms with Gasteiger partial charge in [0.15, 0.2) is 23.0 Å². The Labute approximate surface area is 107 Å². The second kappa shape index (κ2) is 4.41. The Bertz CT molecular complexity index is 662. The van der Waals surface area contributed by atoms with Crippen molar-refractivity contribution in [2.75, 3.05) is 0 Å². The van der Waals surface area contributed by atoms with Crippen LogP contribution in [-0.2, 0) is 0 Å². The average Bonchev–Trinajstić information content (AvgIpc) is 2.39. The molecule has 0 aliphatic carbocycles. The summed E-state index contributed by atoms with van der Waals surface area (Å²) in [5, 5.41) is 47.0. The molecule has 0 aliphatic heterocycles. The summed E-state index contributed by atoms with van der Waals surface area (Å²) in [6, 6.07) is 5.92. The molecule has 5 N–H and O–H groups in total. The minimum atomic E-state index is -0.828. The first kappa shape index (κ1) is 12.6. The number of carbonyl (C=O) groups excluding carboxylic acids is 1. The molecule has 0 amide bonds. The molecule has 0 heterocycles. The summed E-state index contributed by atoms with van der Waals surface area (Å²) in [5.74, 6) is -4.11. The molecule has 0 aromatic heterocycles. The molecule has 0 saturated carbocycles. The summed E-state index contributed by atoms with van der Waals surface area (Å²) in [6.07, 6.45) is 0. The molecule has 0 fully saturated rings. The Morgan fingerprint density at radius 2 is 1.26 bits per heavy atom. The molecule has 0 radical (unpaired) electrons. The van der Waals surface area contributed by atoms with Crippen molar-refractivity contribution in [3.8, 4) is 28.7 Å². The van der Waals surface area contributed by atoms with Crippen LogP contribution in [-0.4, -0.2) is 31.3 Å². The lowest BCUT2D eigenvalue weighted by molar-refractivity contribution is 0.103. The summed E-state index contributed by atoms with van der Waals surface area (Å²) < 4.78 is 0. The van der Waals surface area contributed by atoms with E-state index in [2.05, 4.69) is 0 Å². The van der Waals surface area contributed by atoms with Crippen LogP contribution in [0.2, 0.25) is 0 Å². The highest BCUT2D eigenvalue weighted by Crippen LogP contribution is 2.39. The number of phenols is 5. The summed E-state index contributed by atoms with van der Waals surface area (Å²) in [4.78, 5) is 12.1. The van der Waals surface area contributed by atoms with Gasteiger partial charge in [-0.3, -0.25) is 4.79 Å². The number of aromatic hydroxyl groups is 5. The van der Waals surface area contributed by atoms with Crippen LogP contribution in [0.1, 0.15) is 15.9 Å². The third-order valence-corrected chi connectivity index (χ3v) is 2.63. The van der Waals surface area contributed by atoms with Crippen molar-refractivity contribution in [1.82, 2.24) is 0 Å². The zero-order chi connectivity index (χ0) is 14.2. The fourth-order valence-corrected chi connectivity index (χ4v) is 1.61. The first-order chi connectivity index (χ1) is 8.93. The number of hydrogen-bond acceptors (Lipinski definition) is 6. The number of ketones is 1. The quantitative estimate of drug-likeness (QED) is 0.413. The van der Waals surface area contributed by atoms with Crippen LogP contribution >= 0.6 is 0 Å². The molecule has 0 unspecified atom stereocenters. The second-order valence-electron chi connectivity index (χ2n) is 3.83. The molecule has 2 rings (SSSR count). The number of rotatable bonds is 2. The first-order valence-corrected chi connectivity index (χ1v) is 5.23. The van der Waals surface area contributed by atoms with Crippen molar-refractivity contribution >= 4 is 5.78 Å². The molecule has 0 spiro atoms. The molecule has 0 atom stereocenters. The number of hydrogen-bond donors (Lipinski definition) is 5. The number of para-hydroxylation sites is 1. The van der Waals surface area contributed by atoms with Crippen molar-refractivity contribution in [3.05, 3.63) is 41.5 Å². The van der Waals surface area contributed by atoms with Crippen LogP contribution in [0.5, 0.6) is 28.7 Å². The summed E-state index contributed by atoms with van der Waals surface area (Å²) in [5.41, 5.74) is -0.545. The highest BCUT2D eigenvalue weighted by atomic mass is 16.3. The van der Waals surface area contributed by atoms with Gasteiger partial charge in [-0.25, -0.2) is 0 Å². The Balaban J connectivity index is 2.57. The van der Waals surface area contributed by atoms with Gasteiger partial charge in [0, 0.05) is 0 Å². The predicted octanol–water partition coefficient (Wildman–Crippen LogP) is 1.45. The molecule has 0 aliphatic rings. The van der Waals surface area contributed by atoms with Gasteiger partial charge in [0.1, 0.15) is 0 Å². The number of carbonyl (C=O) groups is 1. The molecular weight excluding hydrogens is 252 g/mol. The highest BCUT2D eigenvalue weighted by Gasteiger charge is 2.21. The maximum Gasteiger partial charge on any atom is 0.201 e. The summed E-state index contributed by atoms with van der Waals surface area (Å²) >= 11 is 0. The van der Waals surface area contributed by atoms with E-state index in [1.54, 1.807) is 0 Å². The maximum atomic E-state index is 12.1. The van der Waals surface area contributed by atoms with Gasteiger partial charge in [-0.05, 0) is 24.3 Å². The fourth-order valence-electron chi connectivity index (χ4n) is 1.61. The molecular formula is C13H10O6. The van der Waals surface area contributed by atoms with Crippen LogP contribution in [0.4, 0.5) is 0 Å². The van der Waals surface area contributed by atoms with Gasteiger partial charge < -0.3 is 25.5 Å². The fraction of sp³-hybridized carbons (Fsp3) is 0. The van der Waals surface area contributed by atoms with Crippen LogP contribution in [0.3, 0.4) is 0 Å². The van der Waals surface area contributed by atoms with Gasteiger partial charge in [0.25, 0.3) is 0 Å². The van der Waals surface area contributed by atoms with Gasteiger partial charge in [-0.1, -0.05) is 6.07 Å². The van der Waals surface area contributed by atoms with E-state index in [4.69, 9.17) is 5.11 Å². The third kappa shape index (κ3) is 1.99. The monoisotopic (exact) mass is 262 g/mol. The van der Waals surface area contributed by atoms with E-state index in [9.17, 15) is 25.2 Å². The smallest absolute Gasteiger partial charge is 0.201 e. The average molecular weight is 262 g/mol. The minimum absolute atomic E-state index is 0.236. The van der Waals surface area contributed by atoms with Gasteiger partial charge >= 0.3 is 0 Å². The number of benzene rings is 2. The molecule has 2 aromatic carbocycles. The lowest BCUT2D eigenvalue weighted by atomic mass is 10.0. The van der Waals surface area contributed by atoms with E-state index < -0.39 is 34.5 Å². The van der Waals surface area contributed by atoms with Gasteiger partial charge in [0.2, 0.25) is 11.5 Å². The van der Waals surface area contributed by atoms with Gasteiger partial charge in [-0.15, -0.1) is 0 Å². The zero-order valence-electron chi connectivity index (χ0n) is 9.53. The standard InChI is InChI=1S/C13H10O6/c14-8-3-1-2-6(11(8)17)10(16)7-4-5-9(15)13(19)12(7)18/h1-5,14-15,17-19H. The molecule has 0 saturated heterocycles. The van der Waals surface area contributed by atoms with E-state index in [0.29, 0.717) is 0 Å². The Morgan fingerprint density at radius 3 is 1.95 bits per heavy atom. The van der Waals surface area contributed by atoms with Crippen molar-refractivity contribution in [1.29, 1.82) is 0 Å². The lowest BCUT2D eigenvalue weighted by Gasteiger charge is -2.08.